The zero-order valence-electron chi connectivity index (χ0n) is 14.9. The summed E-state index contributed by atoms with van der Waals surface area (Å²) in [6.45, 7) is 7.99. The fourth-order valence-electron chi connectivity index (χ4n) is 2.99. The molecule has 0 bridgehead atoms. The summed E-state index contributed by atoms with van der Waals surface area (Å²) in [5.74, 6) is 1.50. The standard InChI is InChI=1S/C21H27NO2.ClH/c1-18(11-12-22-13-15-23-16-14-22)20-9-7-19(8-10-20)17-24-21-5-3-2-4-6-21;/h2-10,18H,11-17H2,1H3;1H. The van der Waals surface area contributed by atoms with Gasteiger partial charge in [0.25, 0.3) is 0 Å². The highest BCUT2D eigenvalue weighted by atomic mass is 35.5. The number of ether oxygens (including phenoxy) is 2. The fraction of sp³-hybridized carbons (Fsp3) is 0.429. The Balaban J connectivity index is 0.00000225. The van der Waals surface area contributed by atoms with Crippen molar-refractivity contribution in [3.8, 4) is 5.75 Å². The lowest BCUT2D eigenvalue weighted by Crippen LogP contribution is -2.37. The molecule has 3 rings (SSSR count). The third-order valence-electron chi connectivity index (χ3n) is 4.68. The summed E-state index contributed by atoms with van der Waals surface area (Å²) >= 11 is 0. The number of hydrogen-bond donors (Lipinski definition) is 0. The van der Waals surface area contributed by atoms with Gasteiger partial charge in [-0.15, -0.1) is 12.4 Å². The van der Waals surface area contributed by atoms with Crippen LogP contribution < -0.4 is 4.74 Å². The van der Waals surface area contributed by atoms with Crippen molar-refractivity contribution in [3.05, 3.63) is 65.7 Å². The Labute approximate surface area is 157 Å². The highest BCUT2D eigenvalue weighted by Crippen LogP contribution is 2.21. The van der Waals surface area contributed by atoms with E-state index in [2.05, 4.69) is 36.1 Å². The third-order valence-corrected chi connectivity index (χ3v) is 4.68. The van der Waals surface area contributed by atoms with E-state index in [0.29, 0.717) is 12.5 Å². The molecule has 0 saturated carbocycles. The summed E-state index contributed by atoms with van der Waals surface area (Å²) in [4.78, 5) is 2.50. The zero-order chi connectivity index (χ0) is 16.6. The van der Waals surface area contributed by atoms with Crippen LogP contribution in [0.25, 0.3) is 0 Å². The van der Waals surface area contributed by atoms with Gasteiger partial charge < -0.3 is 9.47 Å². The Bertz CT molecular complexity index is 597. The van der Waals surface area contributed by atoms with Crippen molar-refractivity contribution in [3.63, 3.8) is 0 Å². The van der Waals surface area contributed by atoms with Crippen LogP contribution in [0.4, 0.5) is 0 Å². The highest BCUT2D eigenvalue weighted by Gasteiger charge is 2.12. The Morgan fingerprint density at radius 3 is 2.36 bits per heavy atom. The molecule has 1 unspecified atom stereocenters. The average molecular weight is 362 g/mol. The molecule has 2 aromatic carbocycles. The maximum atomic E-state index is 5.80. The van der Waals surface area contributed by atoms with Crippen LogP contribution in [-0.2, 0) is 11.3 Å². The molecule has 1 fully saturated rings. The smallest absolute Gasteiger partial charge is 0.119 e. The Morgan fingerprint density at radius 2 is 1.68 bits per heavy atom. The maximum absolute atomic E-state index is 5.80. The summed E-state index contributed by atoms with van der Waals surface area (Å²) in [5, 5.41) is 0. The summed E-state index contributed by atoms with van der Waals surface area (Å²) in [5.41, 5.74) is 2.62. The summed E-state index contributed by atoms with van der Waals surface area (Å²) in [6.07, 6.45) is 1.19. The second-order valence-corrected chi connectivity index (χ2v) is 6.49. The van der Waals surface area contributed by atoms with E-state index in [4.69, 9.17) is 9.47 Å². The van der Waals surface area contributed by atoms with Gasteiger partial charge in [-0.25, -0.2) is 0 Å². The fourth-order valence-corrected chi connectivity index (χ4v) is 2.99. The minimum atomic E-state index is 0. The van der Waals surface area contributed by atoms with Crippen molar-refractivity contribution in [2.45, 2.75) is 25.9 Å². The number of hydrogen-bond acceptors (Lipinski definition) is 3. The first-order chi connectivity index (χ1) is 11.8. The quantitative estimate of drug-likeness (QED) is 0.724. The molecule has 0 spiro atoms. The van der Waals surface area contributed by atoms with E-state index in [9.17, 15) is 0 Å². The number of nitrogens with zero attached hydrogens (tertiary/aromatic N) is 1. The SMILES string of the molecule is CC(CCN1CCOCC1)c1ccc(COc2ccccc2)cc1.Cl. The molecule has 0 radical (unpaired) electrons. The molecule has 1 saturated heterocycles. The molecule has 1 aliphatic heterocycles. The molecule has 2 aromatic rings. The minimum Gasteiger partial charge on any atom is -0.489 e. The number of rotatable bonds is 7. The predicted octanol–water partition coefficient (Wildman–Crippen LogP) is 4.51. The van der Waals surface area contributed by atoms with Crippen LogP contribution in [0.3, 0.4) is 0 Å². The van der Waals surface area contributed by atoms with E-state index in [0.717, 1.165) is 38.6 Å². The Morgan fingerprint density at radius 1 is 1.00 bits per heavy atom. The molecule has 3 nitrogen and oxygen atoms in total. The monoisotopic (exact) mass is 361 g/mol. The van der Waals surface area contributed by atoms with E-state index >= 15 is 0 Å². The van der Waals surface area contributed by atoms with E-state index in [1.807, 2.05) is 30.3 Å². The second kappa shape index (κ2) is 10.4. The summed E-state index contributed by atoms with van der Waals surface area (Å²) in [7, 11) is 0. The first-order valence-electron chi connectivity index (χ1n) is 8.88. The normalized spacial score (nSPS) is 16.0. The highest BCUT2D eigenvalue weighted by molar-refractivity contribution is 5.85. The van der Waals surface area contributed by atoms with Gasteiger partial charge in [-0.3, -0.25) is 4.90 Å². The Hall–Kier alpha value is -1.55. The third kappa shape index (κ3) is 6.35. The molecule has 1 heterocycles. The van der Waals surface area contributed by atoms with Crippen LogP contribution >= 0.6 is 12.4 Å². The molecule has 1 aliphatic rings. The van der Waals surface area contributed by atoms with Crippen molar-refractivity contribution >= 4 is 12.4 Å². The van der Waals surface area contributed by atoms with Crippen LogP contribution in [0.5, 0.6) is 5.75 Å². The molecular formula is C21H28ClNO2. The van der Waals surface area contributed by atoms with Gasteiger partial charge in [0, 0.05) is 13.1 Å². The molecule has 0 N–H and O–H groups in total. The lowest BCUT2D eigenvalue weighted by molar-refractivity contribution is 0.0367. The Kier molecular flexibility index (Phi) is 8.26. The van der Waals surface area contributed by atoms with Crippen molar-refractivity contribution in [2.24, 2.45) is 0 Å². The van der Waals surface area contributed by atoms with E-state index in [-0.39, 0.29) is 12.4 Å². The zero-order valence-corrected chi connectivity index (χ0v) is 15.7. The molecule has 4 heteroatoms. The van der Waals surface area contributed by atoms with E-state index in [1.165, 1.54) is 17.5 Å². The largest absolute Gasteiger partial charge is 0.489 e. The molecule has 0 aliphatic carbocycles. The lowest BCUT2D eigenvalue weighted by atomic mass is 9.96. The molecule has 1 atom stereocenters. The topological polar surface area (TPSA) is 21.7 Å². The van der Waals surface area contributed by atoms with Crippen LogP contribution in [0.2, 0.25) is 0 Å². The molecule has 136 valence electrons. The van der Waals surface area contributed by atoms with Gasteiger partial charge in [-0.05, 0) is 42.1 Å². The van der Waals surface area contributed by atoms with Crippen molar-refractivity contribution in [2.75, 3.05) is 32.8 Å². The molecule has 0 aromatic heterocycles. The molecule has 0 amide bonds. The lowest BCUT2D eigenvalue weighted by Gasteiger charge is -2.27. The van der Waals surface area contributed by atoms with Gasteiger partial charge in [0.05, 0.1) is 13.2 Å². The summed E-state index contributed by atoms with van der Waals surface area (Å²) in [6, 6.07) is 18.8. The molecular weight excluding hydrogens is 334 g/mol. The maximum Gasteiger partial charge on any atom is 0.119 e. The van der Waals surface area contributed by atoms with Gasteiger partial charge in [-0.2, -0.15) is 0 Å². The van der Waals surface area contributed by atoms with Crippen LogP contribution in [-0.4, -0.2) is 37.7 Å². The number of para-hydroxylation sites is 1. The van der Waals surface area contributed by atoms with Crippen molar-refractivity contribution in [1.82, 2.24) is 4.90 Å². The van der Waals surface area contributed by atoms with E-state index < -0.39 is 0 Å². The first-order valence-corrected chi connectivity index (χ1v) is 8.88. The average Bonchev–Trinajstić information content (AvgIpc) is 2.66. The predicted molar refractivity (Wildman–Crippen MR) is 105 cm³/mol. The van der Waals surface area contributed by atoms with Gasteiger partial charge in [0.15, 0.2) is 0 Å². The first kappa shape index (κ1) is 19.8. The number of morpholine rings is 1. The van der Waals surface area contributed by atoms with Gasteiger partial charge in [0.2, 0.25) is 0 Å². The van der Waals surface area contributed by atoms with Gasteiger partial charge >= 0.3 is 0 Å². The van der Waals surface area contributed by atoms with Crippen molar-refractivity contribution < 1.29 is 9.47 Å². The van der Waals surface area contributed by atoms with E-state index in [1.54, 1.807) is 0 Å². The second-order valence-electron chi connectivity index (χ2n) is 6.49. The number of halogens is 1. The van der Waals surface area contributed by atoms with Crippen molar-refractivity contribution in [1.29, 1.82) is 0 Å². The van der Waals surface area contributed by atoms with Gasteiger partial charge in [-0.1, -0.05) is 49.4 Å². The van der Waals surface area contributed by atoms with Crippen LogP contribution in [0.15, 0.2) is 54.6 Å². The van der Waals surface area contributed by atoms with Crippen LogP contribution in [0.1, 0.15) is 30.4 Å². The summed E-state index contributed by atoms with van der Waals surface area (Å²) < 4.78 is 11.2. The van der Waals surface area contributed by atoms with Gasteiger partial charge in [0.1, 0.15) is 12.4 Å². The minimum absolute atomic E-state index is 0. The molecule has 25 heavy (non-hydrogen) atoms. The van der Waals surface area contributed by atoms with Crippen LogP contribution in [0, 0.1) is 0 Å². The number of benzene rings is 2.